The van der Waals surface area contributed by atoms with Crippen LogP contribution in [0.2, 0.25) is 0 Å². The molecule has 0 atom stereocenters. The van der Waals surface area contributed by atoms with Crippen molar-refractivity contribution < 1.29 is 8.42 Å². The highest BCUT2D eigenvalue weighted by atomic mass is 32.2. The lowest BCUT2D eigenvalue weighted by Crippen LogP contribution is -2.43. The molecule has 5 heteroatoms. The molecule has 0 spiro atoms. The number of hydrogen-bond acceptors (Lipinski definition) is 3. The van der Waals surface area contributed by atoms with E-state index in [1.54, 1.807) is 0 Å². The van der Waals surface area contributed by atoms with Crippen LogP contribution in [0.1, 0.15) is 44.7 Å². The summed E-state index contributed by atoms with van der Waals surface area (Å²) < 4.78 is 27.1. The third-order valence-electron chi connectivity index (χ3n) is 2.89. The topological polar surface area (TPSA) is 72.2 Å². The summed E-state index contributed by atoms with van der Waals surface area (Å²) in [7, 11) is -3.33. The Morgan fingerprint density at radius 1 is 1.26 bits per heavy atom. The zero-order valence-electron chi connectivity index (χ0n) is 11.9. The van der Waals surface area contributed by atoms with Gasteiger partial charge in [-0.25, -0.2) is 13.1 Å². The van der Waals surface area contributed by atoms with Crippen molar-refractivity contribution in [2.75, 3.05) is 0 Å². The van der Waals surface area contributed by atoms with Gasteiger partial charge in [0, 0.05) is 12.1 Å². The summed E-state index contributed by atoms with van der Waals surface area (Å²) in [5.41, 5.74) is 6.87. The van der Waals surface area contributed by atoms with Gasteiger partial charge in [0.05, 0.1) is 5.75 Å². The molecule has 19 heavy (non-hydrogen) atoms. The van der Waals surface area contributed by atoms with E-state index >= 15 is 0 Å². The molecular formula is C14H24N2O2S. The predicted octanol–water partition coefficient (Wildman–Crippen LogP) is 2.14. The van der Waals surface area contributed by atoms with E-state index in [0.717, 1.165) is 24.0 Å². The number of nitrogens with two attached hydrogens (primary N) is 1. The maximum atomic E-state index is 12.1. The zero-order valence-corrected chi connectivity index (χ0v) is 12.8. The first-order valence-corrected chi connectivity index (χ1v) is 8.23. The van der Waals surface area contributed by atoms with E-state index in [-0.39, 0.29) is 5.75 Å². The molecule has 0 heterocycles. The quantitative estimate of drug-likeness (QED) is 0.806. The van der Waals surface area contributed by atoms with Crippen molar-refractivity contribution in [1.82, 2.24) is 4.72 Å². The van der Waals surface area contributed by atoms with E-state index in [4.69, 9.17) is 5.73 Å². The molecule has 3 N–H and O–H groups in total. The van der Waals surface area contributed by atoms with E-state index in [1.165, 1.54) is 0 Å². The van der Waals surface area contributed by atoms with Crippen molar-refractivity contribution in [3.63, 3.8) is 0 Å². The summed E-state index contributed by atoms with van der Waals surface area (Å²) in [4.78, 5) is 0. The first kappa shape index (κ1) is 16.1. The molecule has 0 saturated carbocycles. The highest BCUT2D eigenvalue weighted by Crippen LogP contribution is 2.15. The van der Waals surface area contributed by atoms with Gasteiger partial charge in [0.1, 0.15) is 0 Å². The highest BCUT2D eigenvalue weighted by Gasteiger charge is 2.24. The van der Waals surface area contributed by atoms with Crippen LogP contribution < -0.4 is 10.5 Å². The largest absolute Gasteiger partial charge is 0.326 e. The number of rotatable bonds is 7. The van der Waals surface area contributed by atoms with Gasteiger partial charge in [0.15, 0.2) is 0 Å². The van der Waals surface area contributed by atoms with Crippen molar-refractivity contribution in [2.24, 2.45) is 5.73 Å². The van der Waals surface area contributed by atoms with Gasteiger partial charge in [0.2, 0.25) is 10.0 Å². The molecule has 1 aromatic rings. The lowest BCUT2D eigenvalue weighted by atomic mass is 10.0. The molecule has 0 aromatic heterocycles. The van der Waals surface area contributed by atoms with Crippen molar-refractivity contribution in [2.45, 2.75) is 51.4 Å². The van der Waals surface area contributed by atoms with Gasteiger partial charge in [-0.1, -0.05) is 37.6 Å². The molecule has 0 saturated heterocycles. The maximum absolute atomic E-state index is 12.1. The van der Waals surface area contributed by atoms with Crippen molar-refractivity contribution in [1.29, 1.82) is 0 Å². The Hall–Kier alpha value is -0.910. The third kappa shape index (κ3) is 5.72. The fourth-order valence-electron chi connectivity index (χ4n) is 2.20. The molecule has 0 fully saturated rings. The van der Waals surface area contributed by atoms with Crippen LogP contribution in [0.4, 0.5) is 0 Å². The monoisotopic (exact) mass is 284 g/mol. The van der Waals surface area contributed by atoms with Crippen LogP contribution in [0, 0.1) is 0 Å². The van der Waals surface area contributed by atoms with Crippen LogP contribution >= 0.6 is 0 Å². The molecule has 0 bridgehead atoms. The molecule has 0 amide bonds. The summed E-state index contributed by atoms with van der Waals surface area (Å²) in [6, 6.07) is 7.38. The zero-order chi connectivity index (χ0) is 14.5. The fourth-order valence-corrected chi connectivity index (χ4v) is 3.83. The van der Waals surface area contributed by atoms with Crippen LogP contribution in [0.3, 0.4) is 0 Å². The second-order valence-corrected chi connectivity index (χ2v) is 7.24. The summed E-state index contributed by atoms with van der Waals surface area (Å²) in [6.45, 7) is 6.28. The Bertz CT molecular complexity index is 510. The molecule has 108 valence electrons. The second-order valence-electron chi connectivity index (χ2n) is 5.52. The van der Waals surface area contributed by atoms with Gasteiger partial charge < -0.3 is 5.73 Å². The second kappa shape index (κ2) is 6.50. The van der Waals surface area contributed by atoms with Crippen LogP contribution in [0.15, 0.2) is 24.3 Å². The fraction of sp³-hybridized carbons (Fsp3) is 0.571. The van der Waals surface area contributed by atoms with Crippen molar-refractivity contribution >= 4 is 10.0 Å². The lowest BCUT2D eigenvalue weighted by Gasteiger charge is -2.25. The first-order chi connectivity index (χ1) is 8.78. The third-order valence-corrected chi connectivity index (χ3v) is 4.47. The van der Waals surface area contributed by atoms with E-state index in [1.807, 2.05) is 45.0 Å². The number of sulfonamides is 1. The molecule has 0 aliphatic carbocycles. The summed E-state index contributed by atoms with van der Waals surface area (Å²) in [6.07, 6.45) is 1.76. The molecule has 0 unspecified atom stereocenters. The minimum Gasteiger partial charge on any atom is -0.326 e. The minimum absolute atomic E-state index is 0.00597. The van der Waals surface area contributed by atoms with Crippen molar-refractivity contribution in [3.8, 4) is 0 Å². The Morgan fingerprint density at radius 2 is 1.89 bits per heavy atom. The smallest absolute Gasteiger partial charge is 0.216 e. The van der Waals surface area contributed by atoms with Crippen LogP contribution in [-0.2, 0) is 22.3 Å². The molecule has 4 nitrogen and oxygen atoms in total. The number of nitrogens with one attached hydrogen (secondary N) is 1. The maximum Gasteiger partial charge on any atom is 0.216 e. The lowest BCUT2D eigenvalue weighted by molar-refractivity contribution is 0.417. The van der Waals surface area contributed by atoms with Gasteiger partial charge in [-0.05, 0) is 31.4 Å². The molecule has 0 aliphatic rings. The van der Waals surface area contributed by atoms with Crippen molar-refractivity contribution in [3.05, 3.63) is 35.4 Å². The van der Waals surface area contributed by atoms with Gasteiger partial charge in [-0.3, -0.25) is 0 Å². The van der Waals surface area contributed by atoms with E-state index in [2.05, 4.69) is 4.72 Å². The SMILES string of the molecule is CCCC(C)(C)NS(=O)(=O)Cc1cccc(CN)c1. The van der Waals surface area contributed by atoms with E-state index < -0.39 is 15.6 Å². The van der Waals surface area contributed by atoms with Crippen LogP contribution in [-0.4, -0.2) is 14.0 Å². The Kier molecular flexibility index (Phi) is 5.52. The average Bonchev–Trinajstić information content (AvgIpc) is 2.26. The first-order valence-electron chi connectivity index (χ1n) is 6.57. The Balaban J connectivity index is 2.79. The van der Waals surface area contributed by atoms with E-state index in [0.29, 0.717) is 6.54 Å². The van der Waals surface area contributed by atoms with Gasteiger partial charge in [-0.2, -0.15) is 0 Å². The minimum atomic E-state index is -3.33. The molecular weight excluding hydrogens is 260 g/mol. The normalized spacial score (nSPS) is 12.6. The van der Waals surface area contributed by atoms with Crippen LogP contribution in [0.5, 0.6) is 0 Å². The van der Waals surface area contributed by atoms with Gasteiger partial charge in [0.25, 0.3) is 0 Å². The van der Waals surface area contributed by atoms with E-state index in [9.17, 15) is 8.42 Å². The predicted molar refractivity (Wildman–Crippen MR) is 79.1 cm³/mol. The standard InChI is InChI=1S/C14H24N2O2S/c1-4-8-14(2,3)16-19(17,18)11-13-7-5-6-12(9-13)10-15/h5-7,9,16H,4,8,10-11,15H2,1-3H3. The number of hydrogen-bond donors (Lipinski definition) is 2. The van der Waals surface area contributed by atoms with Gasteiger partial charge in [-0.15, -0.1) is 0 Å². The van der Waals surface area contributed by atoms with Gasteiger partial charge >= 0.3 is 0 Å². The number of benzene rings is 1. The summed E-state index contributed by atoms with van der Waals surface area (Å²) >= 11 is 0. The molecule has 0 aliphatic heterocycles. The van der Waals surface area contributed by atoms with Crippen LogP contribution in [0.25, 0.3) is 0 Å². The average molecular weight is 284 g/mol. The molecule has 0 radical (unpaired) electrons. The Labute approximate surface area is 116 Å². The highest BCUT2D eigenvalue weighted by molar-refractivity contribution is 7.88. The Morgan fingerprint density at radius 3 is 2.47 bits per heavy atom. The molecule has 1 aromatic carbocycles. The summed E-state index contributed by atoms with van der Waals surface area (Å²) in [5, 5.41) is 0. The molecule has 1 rings (SSSR count). The summed E-state index contributed by atoms with van der Waals surface area (Å²) in [5.74, 6) is -0.00597.